The van der Waals surface area contributed by atoms with Crippen LogP contribution in [0.5, 0.6) is 11.5 Å². The van der Waals surface area contributed by atoms with Crippen molar-refractivity contribution in [3.05, 3.63) is 70.2 Å². The van der Waals surface area contributed by atoms with Crippen LogP contribution in [0.25, 0.3) is 6.08 Å². The Morgan fingerprint density at radius 2 is 1.88 bits per heavy atom. The molecule has 2 aromatic carbocycles. The second-order valence-corrected chi connectivity index (χ2v) is 8.37. The summed E-state index contributed by atoms with van der Waals surface area (Å²) >= 11 is 1.32. The number of aromatic nitrogens is 1. The Morgan fingerprint density at radius 1 is 1.09 bits per heavy atom. The predicted molar refractivity (Wildman–Crippen MR) is 134 cm³/mol. The Morgan fingerprint density at radius 3 is 2.56 bits per heavy atom. The number of aryl methyl sites for hydroxylation is 2. The highest BCUT2D eigenvalue weighted by Gasteiger charge is 2.18. The zero-order valence-corrected chi connectivity index (χ0v) is 20.8. The second-order valence-electron chi connectivity index (χ2n) is 7.53. The molecular weight excluding hydrogens is 452 g/mol. The van der Waals surface area contributed by atoms with Gasteiger partial charge in [0.2, 0.25) is 5.91 Å². The Hall–Kier alpha value is -3.65. The molecule has 0 fully saturated rings. The number of methoxy groups -OCH3 is 1. The molecule has 0 saturated heterocycles. The van der Waals surface area contributed by atoms with E-state index in [2.05, 4.69) is 4.98 Å². The largest absolute Gasteiger partial charge is 0.493 e. The molecule has 3 rings (SSSR count). The topological polar surface area (TPSA) is 78.0 Å². The molecule has 7 nitrogen and oxygen atoms in total. The zero-order valence-electron chi connectivity index (χ0n) is 20.0. The number of hydrogen-bond donors (Lipinski definition) is 0. The SMILES string of the molecule is CCOc1ccc(/C=C/C(=O)OCc2csc(N(C(C)=O)c3ccc(C)c(C)c3)n2)cc1OC. The molecule has 0 bridgehead atoms. The van der Waals surface area contributed by atoms with Gasteiger partial charge in [0.25, 0.3) is 0 Å². The molecule has 1 heterocycles. The number of ether oxygens (including phenoxy) is 3. The first kappa shape index (κ1) is 25.0. The molecule has 0 aliphatic heterocycles. The van der Waals surface area contributed by atoms with E-state index in [0.717, 1.165) is 22.4 Å². The van der Waals surface area contributed by atoms with E-state index >= 15 is 0 Å². The van der Waals surface area contributed by atoms with Crippen LogP contribution in [-0.4, -0.2) is 30.6 Å². The smallest absolute Gasteiger partial charge is 0.331 e. The predicted octanol–water partition coefficient (Wildman–Crippen LogP) is 5.61. The van der Waals surface area contributed by atoms with Crippen molar-refractivity contribution in [2.45, 2.75) is 34.3 Å². The number of benzene rings is 2. The Balaban J connectivity index is 1.64. The summed E-state index contributed by atoms with van der Waals surface area (Å²) in [7, 11) is 1.56. The molecule has 0 spiro atoms. The fourth-order valence-corrected chi connectivity index (χ4v) is 4.05. The minimum atomic E-state index is -0.500. The quantitative estimate of drug-likeness (QED) is 0.293. The van der Waals surface area contributed by atoms with E-state index in [1.54, 1.807) is 35.6 Å². The molecule has 8 heteroatoms. The number of carbonyl (C=O) groups is 2. The summed E-state index contributed by atoms with van der Waals surface area (Å²) < 4.78 is 16.1. The molecule has 1 amide bonds. The Kier molecular flexibility index (Phi) is 8.43. The summed E-state index contributed by atoms with van der Waals surface area (Å²) in [5.74, 6) is 0.588. The summed E-state index contributed by atoms with van der Waals surface area (Å²) in [6.45, 7) is 7.96. The van der Waals surface area contributed by atoms with E-state index < -0.39 is 5.97 Å². The van der Waals surface area contributed by atoms with Crippen LogP contribution >= 0.6 is 11.3 Å². The van der Waals surface area contributed by atoms with Crippen LogP contribution in [0.1, 0.15) is 36.2 Å². The summed E-state index contributed by atoms with van der Waals surface area (Å²) in [6, 6.07) is 11.2. The molecule has 0 N–H and O–H groups in total. The standard InChI is InChI=1S/C26H28N2O5S/c1-6-32-23-11-8-20(14-24(23)31-5)9-12-25(30)33-15-21-16-34-26(27-21)28(19(4)29)22-10-7-17(2)18(3)13-22/h7-14,16H,6,15H2,1-5H3/b12-9+. The molecule has 0 saturated carbocycles. The lowest BCUT2D eigenvalue weighted by atomic mass is 10.1. The van der Waals surface area contributed by atoms with Crippen LogP contribution in [-0.2, 0) is 20.9 Å². The maximum Gasteiger partial charge on any atom is 0.331 e. The summed E-state index contributed by atoms with van der Waals surface area (Å²) in [4.78, 5) is 30.6. The third kappa shape index (κ3) is 6.23. The van der Waals surface area contributed by atoms with Crippen molar-refractivity contribution in [3.8, 4) is 11.5 Å². The van der Waals surface area contributed by atoms with Gasteiger partial charge >= 0.3 is 5.97 Å². The van der Waals surface area contributed by atoms with E-state index in [0.29, 0.717) is 28.9 Å². The van der Waals surface area contributed by atoms with Gasteiger partial charge in [-0.05, 0) is 67.8 Å². The van der Waals surface area contributed by atoms with Crippen LogP contribution in [0.4, 0.5) is 10.8 Å². The zero-order chi connectivity index (χ0) is 24.7. The van der Waals surface area contributed by atoms with E-state index in [1.165, 1.54) is 24.3 Å². The number of nitrogens with zero attached hydrogens (tertiary/aromatic N) is 2. The van der Waals surface area contributed by atoms with Gasteiger partial charge in [-0.15, -0.1) is 11.3 Å². The van der Waals surface area contributed by atoms with Gasteiger partial charge in [0.15, 0.2) is 16.6 Å². The minimum Gasteiger partial charge on any atom is -0.493 e. The summed E-state index contributed by atoms with van der Waals surface area (Å²) in [5, 5.41) is 2.31. The van der Waals surface area contributed by atoms with Crippen LogP contribution in [0, 0.1) is 13.8 Å². The summed E-state index contributed by atoms with van der Waals surface area (Å²) in [6.07, 6.45) is 2.99. The van der Waals surface area contributed by atoms with Gasteiger partial charge in [-0.25, -0.2) is 9.78 Å². The highest BCUT2D eigenvalue weighted by atomic mass is 32.1. The van der Waals surface area contributed by atoms with Gasteiger partial charge in [0.05, 0.1) is 25.1 Å². The number of amides is 1. The normalized spacial score (nSPS) is 10.9. The lowest BCUT2D eigenvalue weighted by Gasteiger charge is -2.19. The van der Waals surface area contributed by atoms with Gasteiger partial charge in [0, 0.05) is 18.4 Å². The van der Waals surface area contributed by atoms with Crippen LogP contribution in [0.2, 0.25) is 0 Å². The molecule has 0 aliphatic carbocycles. The van der Waals surface area contributed by atoms with Gasteiger partial charge in [0.1, 0.15) is 6.61 Å². The van der Waals surface area contributed by atoms with E-state index in [1.807, 2.05) is 45.0 Å². The first-order chi connectivity index (χ1) is 16.3. The van der Waals surface area contributed by atoms with Crippen molar-refractivity contribution in [1.29, 1.82) is 0 Å². The van der Waals surface area contributed by atoms with Crippen LogP contribution < -0.4 is 14.4 Å². The first-order valence-corrected chi connectivity index (χ1v) is 11.7. The average molecular weight is 481 g/mol. The molecule has 0 atom stereocenters. The third-order valence-corrected chi connectivity index (χ3v) is 5.93. The highest BCUT2D eigenvalue weighted by Crippen LogP contribution is 2.31. The van der Waals surface area contributed by atoms with E-state index in [-0.39, 0.29) is 12.5 Å². The fraction of sp³-hybridized carbons (Fsp3) is 0.269. The molecule has 0 unspecified atom stereocenters. The van der Waals surface area contributed by atoms with Gasteiger partial charge in [-0.2, -0.15) is 0 Å². The minimum absolute atomic E-state index is 0.00490. The number of hydrogen-bond acceptors (Lipinski definition) is 7. The average Bonchev–Trinajstić information content (AvgIpc) is 3.27. The number of carbonyl (C=O) groups excluding carboxylic acids is 2. The molecular formula is C26H28N2O5S. The Bertz CT molecular complexity index is 1200. The van der Waals surface area contributed by atoms with Crippen molar-refractivity contribution >= 4 is 40.1 Å². The number of rotatable bonds is 9. The summed E-state index contributed by atoms with van der Waals surface area (Å²) in [5.41, 5.74) is 4.34. The Labute approximate surface area is 203 Å². The van der Waals surface area contributed by atoms with E-state index in [4.69, 9.17) is 14.2 Å². The van der Waals surface area contributed by atoms with Crippen molar-refractivity contribution < 1.29 is 23.8 Å². The molecule has 0 aliphatic rings. The molecule has 1 aromatic heterocycles. The van der Waals surface area contributed by atoms with Crippen molar-refractivity contribution in [1.82, 2.24) is 4.98 Å². The molecule has 3 aromatic rings. The second kappa shape index (κ2) is 11.5. The van der Waals surface area contributed by atoms with Gasteiger partial charge in [-0.1, -0.05) is 12.1 Å². The molecule has 0 radical (unpaired) electrons. The third-order valence-electron chi connectivity index (χ3n) is 5.06. The lowest BCUT2D eigenvalue weighted by Crippen LogP contribution is -2.22. The monoisotopic (exact) mass is 480 g/mol. The van der Waals surface area contributed by atoms with Crippen LogP contribution in [0.3, 0.4) is 0 Å². The maximum atomic E-state index is 12.3. The van der Waals surface area contributed by atoms with Crippen molar-refractivity contribution in [2.75, 3.05) is 18.6 Å². The lowest BCUT2D eigenvalue weighted by molar-refractivity contribution is -0.139. The number of esters is 1. The molecule has 34 heavy (non-hydrogen) atoms. The number of thiazole rings is 1. The van der Waals surface area contributed by atoms with Crippen molar-refractivity contribution in [2.24, 2.45) is 0 Å². The van der Waals surface area contributed by atoms with Crippen LogP contribution in [0.15, 0.2) is 47.9 Å². The highest BCUT2D eigenvalue weighted by molar-refractivity contribution is 7.14. The van der Waals surface area contributed by atoms with Gasteiger partial charge < -0.3 is 14.2 Å². The number of anilines is 2. The first-order valence-electron chi connectivity index (χ1n) is 10.8. The van der Waals surface area contributed by atoms with Gasteiger partial charge in [-0.3, -0.25) is 9.69 Å². The molecule has 178 valence electrons. The van der Waals surface area contributed by atoms with E-state index in [9.17, 15) is 9.59 Å². The van der Waals surface area contributed by atoms with Crippen molar-refractivity contribution in [3.63, 3.8) is 0 Å². The fourth-order valence-electron chi connectivity index (χ4n) is 3.18. The maximum absolute atomic E-state index is 12.3.